The van der Waals surface area contributed by atoms with Crippen LogP contribution in [-0.2, 0) is 11.3 Å². The molecule has 1 amide bonds. The smallest absolute Gasteiger partial charge is 0.269 e. The average Bonchev–Trinajstić information content (AvgIpc) is 3.27. The number of hydrogen-bond acceptors (Lipinski definition) is 6. The molecule has 7 nitrogen and oxygen atoms in total. The number of carbonyl (C=O) groups excluding carboxylic acids is 2. The molecule has 3 aromatic heterocycles. The highest BCUT2D eigenvalue weighted by Crippen LogP contribution is 2.02. The largest absolute Gasteiger partial charge is 0.461 e. The SMILES string of the molecule is CC(C)NC(=O)Cn1c(=O)/c(=C\c2ccccn2)s/c1=C\C(=O)c1ccco1. The molecule has 1 N–H and O–H groups in total. The third-order valence-corrected chi connectivity index (χ3v) is 4.73. The molecule has 0 fully saturated rings. The second-order valence-corrected chi connectivity index (χ2v) is 7.37. The van der Waals surface area contributed by atoms with Gasteiger partial charge in [0.05, 0.1) is 16.5 Å². The van der Waals surface area contributed by atoms with Gasteiger partial charge in [-0.3, -0.25) is 23.9 Å². The Morgan fingerprint density at radius 3 is 2.75 bits per heavy atom. The maximum absolute atomic E-state index is 12.9. The molecule has 0 spiro atoms. The van der Waals surface area contributed by atoms with Crippen molar-refractivity contribution in [2.75, 3.05) is 0 Å². The molecular weight excluding hydrogens is 378 g/mol. The fourth-order valence-electron chi connectivity index (χ4n) is 2.50. The number of carbonyl (C=O) groups is 2. The van der Waals surface area contributed by atoms with Crippen molar-refractivity contribution in [3.63, 3.8) is 0 Å². The van der Waals surface area contributed by atoms with Gasteiger partial charge < -0.3 is 9.73 Å². The second kappa shape index (κ2) is 8.62. The van der Waals surface area contributed by atoms with Gasteiger partial charge in [0.1, 0.15) is 11.2 Å². The van der Waals surface area contributed by atoms with Crippen molar-refractivity contribution in [3.8, 4) is 0 Å². The van der Waals surface area contributed by atoms with E-state index >= 15 is 0 Å². The normalized spacial score (nSPS) is 12.5. The molecule has 0 radical (unpaired) electrons. The third-order valence-electron chi connectivity index (χ3n) is 3.67. The molecule has 144 valence electrons. The molecule has 0 aromatic carbocycles. The maximum Gasteiger partial charge on any atom is 0.269 e. The number of aromatic nitrogens is 2. The van der Waals surface area contributed by atoms with Gasteiger partial charge >= 0.3 is 0 Å². The van der Waals surface area contributed by atoms with E-state index in [-0.39, 0.29) is 35.6 Å². The number of nitrogens with zero attached hydrogens (tertiary/aromatic N) is 2. The number of thiazole rings is 1. The van der Waals surface area contributed by atoms with E-state index in [1.165, 1.54) is 16.9 Å². The van der Waals surface area contributed by atoms with Crippen molar-refractivity contribution in [2.45, 2.75) is 26.4 Å². The van der Waals surface area contributed by atoms with Crippen LogP contribution in [0.1, 0.15) is 30.1 Å². The highest BCUT2D eigenvalue weighted by atomic mass is 32.1. The van der Waals surface area contributed by atoms with E-state index in [0.717, 1.165) is 11.3 Å². The molecule has 8 heteroatoms. The summed E-state index contributed by atoms with van der Waals surface area (Å²) in [5.41, 5.74) is 0.261. The van der Waals surface area contributed by atoms with Crippen molar-refractivity contribution < 1.29 is 14.0 Å². The van der Waals surface area contributed by atoms with E-state index in [1.54, 1.807) is 36.5 Å². The number of ketones is 1. The lowest BCUT2D eigenvalue weighted by molar-refractivity contribution is -0.122. The average molecular weight is 397 g/mol. The first-order valence-corrected chi connectivity index (χ1v) is 9.47. The number of pyridine rings is 1. The Balaban J connectivity index is 2.10. The molecule has 3 rings (SSSR count). The van der Waals surface area contributed by atoms with E-state index in [0.29, 0.717) is 14.9 Å². The number of rotatable bonds is 6. The van der Waals surface area contributed by atoms with Crippen LogP contribution in [0.4, 0.5) is 0 Å². The second-order valence-electron chi connectivity index (χ2n) is 6.30. The number of hydrogen-bond donors (Lipinski definition) is 1. The Morgan fingerprint density at radius 1 is 1.29 bits per heavy atom. The summed E-state index contributed by atoms with van der Waals surface area (Å²) in [6.45, 7) is 3.49. The van der Waals surface area contributed by atoms with Crippen molar-refractivity contribution in [2.24, 2.45) is 0 Å². The van der Waals surface area contributed by atoms with Crippen LogP contribution in [0, 0.1) is 0 Å². The first kappa shape index (κ1) is 19.5. The Hall–Kier alpha value is -3.26. The minimum absolute atomic E-state index is 0.0569. The summed E-state index contributed by atoms with van der Waals surface area (Å²) < 4.78 is 7.15. The lowest BCUT2D eigenvalue weighted by atomic mass is 10.3. The first-order valence-electron chi connectivity index (χ1n) is 8.65. The van der Waals surface area contributed by atoms with Gasteiger partial charge in [0.25, 0.3) is 5.56 Å². The van der Waals surface area contributed by atoms with Gasteiger partial charge in [0, 0.05) is 18.3 Å². The monoisotopic (exact) mass is 397 g/mol. The Kier molecular flexibility index (Phi) is 6.00. The zero-order valence-corrected chi connectivity index (χ0v) is 16.2. The maximum atomic E-state index is 12.9. The van der Waals surface area contributed by atoms with Gasteiger partial charge in [0.15, 0.2) is 5.76 Å². The van der Waals surface area contributed by atoms with Crippen LogP contribution in [0.3, 0.4) is 0 Å². The van der Waals surface area contributed by atoms with Crippen molar-refractivity contribution in [3.05, 3.63) is 73.8 Å². The van der Waals surface area contributed by atoms with Crippen molar-refractivity contribution in [1.29, 1.82) is 0 Å². The van der Waals surface area contributed by atoms with Crippen LogP contribution in [0.2, 0.25) is 0 Å². The summed E-state index contributed by atoms with van der Waals surface area (Å²) in [6, 6.07) is 8.46. The Morgan fingerprint density at radius 2 is 2.11 bits per heavy atom. The van der Waals surface area contributed by atoms with Gasteiger partial charge in [-0.1, -0.05) is 6.07 Å². The van der Waals surface area contributed by atoms with Crippen LogP contribution in [0.15, 0.2) is 52.0 Å². The van der Waals surface area contributed by atoms with Gasteiger partial charge in [-0.15, -0.1) is 11.3 Å². The van der Waals surface area contributed by atoms with E-state index in [4.69, 9.17) is 4.42 Å². The molecule has 0 bridgehead atoms. The summed E-state index contributed by atoms with van der Waals surface area (Å²) in [7, 11) is 0. The Bertz CT molecular complexity index is 1140. The number of furan rings is 1. The molecule has 0 aliphatic rings. The van der Waals surface area contributed by atoms with Crippen molar-refractivity contribution >= 4 is 35.2 Å². The zero-order chi connectivity index (χ0) is 20.1. The third kappa shape index (κ3) is 4.72. The standard InChI is InChI=1S/C20H19N3O4S/c1-13(2)22-18(25)12-23-19(11-15(24)16-7-5-9-27-16)28-17(20(23)26)10-14-6-3-4-8-21-14/h3-11,13H,12H2,1-2H3,(H,22,25)/b17-10+,19-11-. The van der Waals surface area contributed by atoms with Crippen LogP contribution in [0.25, 0.3) is 12.2 Å². The van der Waals surface area contributed by atoms with Crippen LogP contribution < -0.4 is 20.1 Å². The number of Topliss-reactive ketones (excluding diaryl/α,β-unsaturated/α-hetero) is 1. The minimum Gasteiger partial charge on any atom is -0.461 e. The van der Waals surface area contributed by atoms with Crippen molar-refractivity contribution in [1.82, 2.24) is 14.9 Å². The van der Waals surface area contributed by atoms with E-state index < -0.39 is 0 Å². The van der Waals surface area contributed by atoms with Crippen LogP contribution in [0.5, 0.6) is 0 Å². The number of amides is 1. The minimum atomic E-state index is -0.381. The molecule has 0 atom stereocenters. The van der Waals surface area contributed by atoms with Gasteiger partial charge in [-0.05, 0) is 44.2 Å². The highest BCUT2D eigenvalue weighted by molar-refractivity contribution is 7.07. The Labute approximate surface area is 164 Å². The highest BCUT2D eigenvalue weighted by Gasteiger charge is 2.13. The van der Waals surface area contributed by atoms with Crippen LogP contribution >= 0.6 is 11.3 Å². The molecule has 0 aliphatic carbocycles. The van der Waals surface area contributed by atoms with E-state index in [2.05, 4.69) is 10.3 Å². The fourth-order valence-corrected chi connectivity index (χ4v) is 3.53. The van der Waals surface area contributed by atoms with Gasteiger partial charge in [0.2, 0.25) is 11.7 Å². The molecule has 0 unspecified atom stereocenters. The van der Waals surface area contributed by atoms with Gasteiger partial charge in [-0.2, -0.15) is 0 Å². The predicted molar refractivity (Wildman–Crippen MR) is 106 cm³/mol. The summed E-state index contributed by atoms with van der Waals surface area (Å²) in [6.07, 6.45) is 5.97. The quantitative estimate of drug-likeness (QED) is 0.624. The molecular formula is C20H19N3O4S. The van der Waals surface area contributed by atoms with E-state index in [9.17, 15) is 14.4 Å². The molecule has 0 saturated carbocycles. The van der Waals surface area contributed by atoms with Gasteiger partial charge in [-0.25, -0.2) is 0 Å². The molecule has 3 aromatic rings. The van der Waals surface area contributed by atoms with Crippen LogP contribution in [-0.4, -0.2) is 27.3 Å². The lowest BCUT2D eigenvalue weighted by Crippen LogP contribution is -2.40. The summed E-state index contributed by atoms with van der Waals surface area (Å²) in [5, 5.41) is 2.75. The zero-order valence-electron chi connectivity index (χ0n) is 15.4. The lowest BCUT2D eigenvalue weighted by Gasteiger charge is -2.08. The fraction of sp³-hybridized carbons (Fsp3) is 0.200. The summed E-state index contributed by atoms with van der Waals surface area (Å²) >= 11 is 1.12. The molecule has 28 heavy (non-hydrogen) atoms. The number of nitrogens with one attached hydrogen (secondary N) is 1. The molecule has 3 heterocycles. The predicted octanol–water partition coefficient (Wildman–Crippen LogP) is 0.915. The first-order chi connectivity index (χ1) is 13.4. The summed E-state index contributed by atoms with van der Waals surface area (Å²) in [5.74, 6) is -0.526. The molecule has 0 aliphatic heterocycles. The van der Waals surface area contributed by atoms with E-state index in [1.807, 2.05) is 19.9 Å². The topological polar surface area (TPSA) is 94.2 Å². The molecule has 0 saturated heterocycles. The summed E-state index contributed by atoms with van der Waals surface area (Å²) in [4.78, 5) is 41.6.